The summed E-state index contributed by atoms with van der Waals surface area (Å²) in [6.45, 7) is 0. The van der Waals surface area contributed by atoms with E-state index in [0.717, 1.165) is 0 Å². The summed E-state index contributed by atoms with van der Waals surface area (Å²) >= 11 is 0. The number of nitrogens with zero attached hydrogens (tertiary/aromatic N) is 1. The van der Waals surface area contributed by atoms with Gasteiger partial charge in [-0.25, -0.2) is 0 Å². The summed E-state index contributed by atoms with van der Waals surface area (Å²) in [5.41, 5.74) is 0. The summed E-state index contributed by atoms with van der Waals surface area (Å²) < 4.78 is 31.6. The van der Waals surface area contributed by atoms with Gasteiger partial charge in [0, 0.05) is 12.4 Å². The highest BCUT2D eigenvalue weighted by Crippen LogP contribution is 1.73. The molecule has 1 heterocycles. The first-order valence-electron chi connectivity index (χ1n) is 2.55. The van der Waals surface area contributed by atoms with E-state index in [9.17, 15) is 0 Å². The van der Waals surface area contributed by atoms with Gasteiger partial charge < -0.3 is 16.4 Å². The lowest BCUT2D eigenvalue weighted by Crippen LogP contribution is -1.89. The Morgan fingerprint density at radius 2 is 1.14 bits per heavy atom. The molecule has 8 N–H and O–H groups in total. The van der Waals surface area contributed by atoms with Crippen LogP contribution in [-0.4, -0.2) is 38.9 Å². The van der Waals surface area contributed by atoms with E-state index in [1.807, 2.05) is 18.2 Å². The number of hydrogen-bond donors (Lipinski definition) is 2. The van der Waals surface area contributed by atoms with Gasteiger partial charge >= 0.3 is 10.4 Å². The fourth-order valence-corrected chi connectivity index (χ4v) is 0.313. The van der Waals surface area contributed by atoms with Crippen molar-refractivity contribution in [2.75, 3.05) is 0 Å². The van der Waals surface area contributed by atoms with Gasteiger partial charge in [0.2, 0.25) is 0 Å². The van der Waals surface area contributed by atoms with Gasteiger partial charge in [0.1, 0.15) is 0 Å². The molecule has 0 aliphatic rings. The largest absolute Gasteiger partial charge is 0.412 e. The molecule has 86 valence electrons. The predicted octanol–water partition coefficient (Wildman–Crippen LogP) is -2.05. The monoisotopic (exact) mass is 231 g/mol. The van der Waals surface area contributed by atoms with Crippen LogP contribution in [0.15, 0.2) is 30.6 Å². The third-order valence-corrected chi connectivity index (χ3v) is 0.566. The van der Waals surface area contributed by atoms with Crippen LogP contribution in [0.4, 0.5) is 0 Å². The van der Waals surface area contributed by atoms with Crippen molar-refractivity contribution in [3.05, 3.63) is 30.6 Å². The van der Waals surface area contributed by atoms with Crippen molar-refractivity contribution in [3.8, 4) is 0 Å². The average molecular weight is 231 g/mol. The maximum Gasteiger partial charge on any atom is 0.394 e. The van der Waals surface area contributed by atoms with Crippen LogP contribution in [0.2, 0.25) is 0 Å². The molecule has 0 aromatic carbocycles. The van der Waals surface area contributed by atoms with E-state index < -0.39 is 10.4 Å². The van der Waals surface area contributed by atoms with Gasteiger partial charge in [0.15, 0.2) is 0 Å². The number of rotatable bonds is 0. The quantitative estimate of drug-likeness (QED) is 0.486. The van der Waals surface area contributed by atoms with E-state index in [0.29, 0.717) is 0 Å². The van der Waals surface area contributed by atoms with Gasteiger partial charge in [-0.1, -0.05) is 6.07 Å². The lowest BCUT2D eigenvalue weighted by atomic mass is 10.5. The van der Waals surface area contributed by atoms with E-state index in [-0.39, 0.29) is 16.4 Å². The summed E-state index contributed by atoms with van der Waals surface area (Å²) in [6, 6.07) is 5.72. The molecule has 0 fully saturated rings. The maximum absolute atomic E-state index is 8.74. The molecule has 0 amide bonds. The molecule has 0 bridgehead atoms. The SMILES string of the molecule is O.O.O.O=S(=O)(O)O.c1ccncc1. The van der Waals surface area contributed by atoms with Crippen molar-refractivity contribution in [3.63, 3.8) is 0 Å². The second-order valence-corrected chi connectivity index (χ2v) is 2.37. The molecule has 1 rings (SSSR count). The van der Waals surface area contributed by atoms with E-state index >= 15 is 0 Å². The maximum atomic E-state index is 8.74. The third-order valence-electron chi connectivity index (χ3n) is 0.566. The molecule has 1 aromatic rings. The lowest BCUT2D eigenvalue weighted by Gasteiger charge is -1.70. The van der Waals surface area contributed by atoms with Crippen LogP contribution in [0.25, 0.3) is 0 Å². The zero-order valence-corrected chi connectivity index (χ0v) is 7.77. The Kier molecular flexibility index (Phi) is 19.6. The number of hydrogen-bond acceptors (Lipinski definition) is 3. The molecule has 0 radical (unpaired) electrons. The molecule has 14 heavy (non-hydrogen) atoms. The molecule has 0 atom stereocenters. The fourth-order valence-electron chi connectivity index (χ4n) is 0.313. The molecule has 0 aliphatic carbocycles. The first-order chi connectivity index (χ1) is 5.00. The Morgan fingerprint density at radius 3 is 1.21 bits per heavy atom. The van der Waals surface area contributed by atoms with Crippen molar-refractivity contribution in [2.45, 2.75) is 0 Å². The molecular formula is C5H13NO7S. The average Bonchev–Trinajstić information content (AvgIpc) is 1.88. The highest BCUT2D eigenvalue weighted by molar-refractivity contribution is 7.79. The van der Waals surface area contributed by atoms with E-state index in [2.05, 4.69) is 4.98 Å². The highest BCUT2D eigenvalue weighted by atomic mass is 32.3. The van der Waals surface area contributed by atoms with Crippen LogP contribution in [0, 0.1) is 0 Å². The Morgan fingerprint density at radius 1 is 0.857 bits per heavy atom. The van der Waals surface area contributed by atoms with E-state index in [4.69, 9.17) is 17.5 Å². The van der Waals surface area contributed by atoms with E-state index in [1.54, 1.807) is 12.4 Å². The second-order valence-electron chi connectivity index (χ2n) is 1.47. The second kappa shape index (κ2) is 11.9. The smallest absolute Gasteiger partial charge is 0.394 e. The van der Waals surface area contributed by atoms with Crippen molar-refractivity contribution in [1.82, 2.24) is 4.98 Å². The Balaban J connectivity index is -0.0000000597. The van der Waals surface area contributed by atoms with Gasteiger partial charge in [-0.3, -0.25) is 14.1 Å². The van der Waals surface area contributed by atoms with E-state index in [1.165, 1.54) is 0 Å². The molecular weight excluding hydrogens is 218 g/mol. The zero-order chi connectivity index (χ0) is 8.74. The first kappa shape index (κ1) is 23.1. The molecule has 0 unspecified atom stereocenters. The van der Waals surface area contributed by atoms with Gasteiger partial charge in [-0.05, 0) is 12.1 Å². The topological polar surface area (TPSA) is 182 Å². The van der Waals surface area contributed by atoms with Gasteiger partial charge in [0.05, 0.1) is 0 Å². The predicted molar refractivity (Wildman–Crippen MR) is 49.3 cm³/mol. The van der Waals surface area contributed by atoms with Crippen LogP contribution < -0.4 is 0 Å². The van der Waals surface area contributed by atoms with Crippen molar-refractivity contribution in [1.29, 1.82) is 0 Å². The lowest BCUT2D eigenvalue weighted by molar-refractivity contribution is 0.381. The minimum atomic E-state index is -4.67. The number of aromatic nitrogens is 1. The minimum absolute atomic E-state index is 0. The molecule has 8 nitrogen and oxygen atoms in total. The summed E-state index contributed by atoms with van der Waals surface area (Å²) in [4.78, 5) is 3.78. The van der Waals surface area contributed by atoms with Crippen LogP contribution >= 0.6 is 0 Å². The standard InChI is InChI=1S/C5H5N.H2O4S.3H2O/c1-2-4-6-5-3-1;1-5(2,3)4;;;/h1-5H;(H2,1,2,3,4);3*1H2. The molecule has 0 saturated carbocycles. The molecule has 0 spiro atoms. The Hall–Kier alpha value is -1.10. The van der Waals surface area contributed by atoms with Gasteiger partial charge in [0.25, 0.3) is 0 Å². The molecule has 0 aliphatic heterocycles. The molecule has 9 heteroatoms. The summed E-state index contributed by atoms with van der Waals surface area (Å²) in [5.74, 6) is 0. The van der Waals surface area contributed by atoms with Crippen molar-refractivity contribution < 1.29 is 34.0 Å². The van der Waals surface area contributed by atoms with Crippen molar-refractivity contribution >= 4 is 10.4 Å². The van der Waals surface area contributed by atoms with Crippen LogP contribution in [0.1, 0.15) is 0 Å². The van der Waals surface area contributed by atoms with Crippen LogP contribution in [-0.2, 0) is 10.4 Å². The first-order valence-corrected chi connectivity index (χ1v) is 3.95. The zero-order valence-electron chi connectivity index (χ0n) is 6.95. The van der Waals surface area contributed by atoms with Crippen LogP contribution in [0.3, 0.4) is 0 Å². The number of pyridine rings is 1. The van der Waals surface area contributed by atoms with Gasteiger partial charge in [-0.15, -0.1) is 0 Å². The Labute approximate surface area is 80.7 Å². The van der Waals surface area contributed by atoms with Gasteiger partial charge in [-0.2, -0.15) is 8.42 Å². The van der Waals surface area contributed by atoms with Crippen molar-refractivity contribution in [2.24, 2.45) is 0 Å². The Bertz CT molecular complexity index is 239. The minimum Gasteiger partial charge on any atom is -0.412 e. The fraction of sp³-hybridized carbons (Fsp3) is 0. The summed E-state index contributed by atoms with van der Waals surface area (Å²) in [7, 11) is -4.67. The summed E-state index contributed by atoms with van der Waals surface area (Å²) in [6.07, 6.45) is 3.50. The molecule has 0 saturated heterocycles. The molecule has 1 aromatic heterocycles. The summed E-state index contributed by atoms with van der Waals surface area (Å²) in [5, 5.41) is 0. The highest BCUT2D eigenvalue weighted by Gasteiger charge is 1.84. The normalized spacial score (nSPS) is 7.57. The van der Waals surface area contributed by atoms with Crippen LogP contribution in [0.5, 0.6) is 0 Å². The third kappa shape index (κ3) is 44.5.